The number of amides is 1. The summed E-state index contributed by atoms with van der Waals surface area (Å²) >= 11 is 5.79. The maximum atomic E-state index is 11.8. The maximum Gasteiger partial charge on any atom is 0.254 e. The number of pyridine rings is 1. The highest BCUT2D eigenvalue weighted by molar-refractivity contribution is 6.30. The number of nitrogens with one attached hydrogen (secondary N) is 1. The molecule has 1 aliphatic heterocycles. The quantitative estimate of drug-likeness (QED) is 0.863. The van der Waals surface area contributed by atoms with Gasteiger partial charge >= 0.3 is 0 Å². The van der Waals surface area contributed by atoms with Crippen molar-refractivity contribution in [2.75, 3.05) is 5.32 Å². The summed E-state index contributed by atoms with van der Waals surface area (Å²) in [5.41, 5.74) is 0. The molecular weight excluding hydrogens is 228 g/mol. The summed E-state index contributed by atoms with van der Waals surface area (Å²) in [5.74, 6) is 0.305. The topological polar surface area (TPSA) is 51.2 Å². The molecule has 0 radical (unpaired) electrons. The lowest BCUT2D eigenvalue weighted by molar-refractivity contribution is -0.126. The van der Waals surface area contributed by atoms with Crippen LogP contribution in [0.4, 0.5) is 5.82 Å². The molecule has 0 aliphatic carbocycles. The third-order valence-corrected chi connectivity index (χ3v) is 2.73. The molecule has 2 unspecified atom stereocenters. The molecule has 1 amide bonds. The molecule has 2 rings (SSSR count). The van der Waals surface area contributed by atoms with Gasteiger partial charge in [-0.15, -0.1) is 0 Å². The van der Waals surface area contributed by atoms with E-state index in [0.29, 0.717) is 10.8 Å². The fourth-order valence-corrected chi connectivity index (χ4v) is 1.84. The summed E-state index contributed by atoms with van der Waals surface area (Å²) < 4.78 is 5.45. The van der Waals surface area contributed by atoms with Crippen LogP contribution >= 0.6 is 11.6 Å². The van der Waals surface area contributed by atoms with E-state index in [9.17, 15) is 4.79 Å². The smallest absolute Gasteiger partial charge is 0.254 e. The molecule has 1 aliphatic rings. The van der Waals surface area contributed by atoms with Crippen LogP contribution in [0.5, 0.6) is 0 Å². The van der Waals surface area contributed by atoms with Gasteiger partial charge < -0.3 is 10.1 Å². The normalized spacial score (nSPS) is 24.4. The van der Waals surface area contributed by atoms with Crippen LogP contribution in [0, 0.1) is 0 Å². The van der Waals surface area contributed by atoms with Gasteiger partial charge in [0.05, 0.1) is 6.10 Å². The highest BCUT2D eigenvalue weighted by Gasteiger charge is 2.28. The Kier molecular flexibility index (Phi) is 3.41. The summed E-state index contributed by atoms with van der Waals surface area (Å²) in [6, 6.07) is 3.27. The average molecular weight is 241 g/mol. The van der Waals surface area contributed by atoms with Crippen LogP contribution in [0.1, 0.15) is 19.8 Å². The Morgan fingerprint density at radius 1 is 1.62 bits per heavy atom. The van der Waals surface area contributed by atoms with Gasteiger partial charge in [0.2, 0.25) is 0 Å². The lowest BCUT2D eigenvalue weighted by atomic mass is 10.2. The molecule has 0 aromatic carbocycles. The number of nitrogens with zero attached hydrogens (tertiary/aromatic N) is 1. The molecule has 1 saturated heterocycles. The van der Waals surface area contributed by atoms with E-state index in [1.165, 1.54) is 0 Å². The first kappa shape index (κ1) is 11.4. The fourth-order valence-electron chi connectivity index (χ4n) is 1.68. The number of halogens is 1. The van der Waals surface area contributed by atoms with Crippen LogP contribution in [0.25, 0.3) is 0 Å². The van der Waals surface area contributed by atoms with Crippen LogP contribution < -0.4 is 5.32 Å². The van der Waals surface area contributed by atoms with E-state index in [1.807, 2.05) is 6.92 Å². The number of hydrogen-bond acceptors (Lipinski definition) is 3. The first-order valence-electron chi connectivity index (χ1n) is 5.23. The number of anilines is 1. The number of rotatable bonds is 2. The van der Waals surface area contributed by atoms with Gasteiger partial charge in [-0.1, -0.05) is 11.6 Å². The summed E-state index contributed by atoms with van der Waals surface area (Å²) in [5, 5.41) is 3.23. The Morgan fingerprint density at radius 3 is 3.06 bits per heavy atom. The second-order valence-corrected chi connectivity index (χ2v) is 4.30. The SMILES string of the molecule is CC1CCC(C(=O)Nc2cc(Cl)ccn2)O1. The molecule has 1 fully saturated rings. The van der Waals surface area contributed by atoms with Crippen molar-refractivity contribution >= 4 is 23.3 Å². The second kappa shape index (κ2) is 4.80. The predicted octanol–water partition coefficient (Wildman–Crippen LogP) is 2.24. The van der Waals surface area contributed by atoms with Crippen LogP contribution in [0.15, 0.2) is 18.3 Å². The van der Waals surface area contributed by atoms with E-state index in [1.54, 1.807) is 18.3 Å². The molecular formula is C11H13ClN2O2. The fraction of sp³-hybridized carbons (Fsp3) is 0.455. The van der Waals surface area contributed by atoms with Gasteiger partial charge in [0, 0.05) is 11.2 Å². The van der Waals surface area contributed by atoms with E-state index in [2.05, 4.69) is 10.3 Å². The van der Waals surface area contributed by atoms with Crippen LogP contribution in [0.2, 0.25) is 5.02 Å². The molecule has 0 bridgehead atoms. The largest absolute Gasteiger partial charge is 0.365 e. The number of carbonyl (C=O) groups is 1. The molecule has 2 heterocycles. The van der Waals surface area contributed by atoms with Crippen molar-refractivity contribution in [3.63, 3.8) is 0 Å². The van der Waals surface area contributed by atoms with Gasteiger partial charge in [0.25, 0.3) is 5.91 Å². The van der Waals surface area contributed by atoms with Gasteiger partial charge in [-0.2, -0.15) is 0 Å². The van der Waals surface area contributed by atoms with Crippen molar-refractivity contribution in [1.29, 1.82) is 0 Å². The molecule has 0 saturated carbocycles. The van der Waals surface area contributed by atoms with Crippen molar-refractivity contribution in [1.82, 2.24) is 4.98 Å². The molecule has 1 N–H and O–H groups in total. The highest BCUT2D eigenvalue weighted by atomic mass is 35.5. The minimum absolute atomic E-state index is 0.154. The summed E-state index contributed by atoms with van der Waals surface area (Å²) in [7, 11) is 0. The Hall–Kier alpha value is -1.13. The molecule has 2 atom stereocenters. The van der Waals surface area contributed by atoms with Crippen molar-refractivity contribution in [3.8, 4) is 0 Å². The Labute approximate surface area is 99.0 Å². The zero-order valence-corrected chi connectivity index (χ0v) is 9.70. The van der Waals surface area contributed by atoms with Gasteiger partial charge in [-0.25, -0.2) is 4.98 Å². The number of hydrogen-bond donors (Lipinski definition) is 1. The van der Waals surface area contributed by atoms with Gasteiger partial charge in [0.1, 0.15) is 11.9 Å². The summed E-state index contributed by atoms with van der Waals surface area (Å²) in [6.07, 6.45) is 3.02. The lowest BCUT2D eigenvalue weighted by Crippen LogP contribution is -2.28. The second-order valence-electron chi connectivity index (χ2n) is 3.86. The van der Waals surface area contributed by atoms with E-state index in [0.717, 1.165) is 12.8 Å². The average Bonchev–Trinajstić information content (AvgIpc) is 2.65. The first-order chi connectivity index (χ1) is 7.65. The molecule has 1 aromatic heterocycles. The van der Waals surface area contributed by atoms with Gasteiger partial charge in [-0.05, 0) is 31.9 Å². The summed E-state index contributed by atoms with van der Waals surface area (Å²) in [6.45, 7) is 1.96. The van der Waals surface area contributed by atoms with Crippen LogP contribution in [0.3, 0.4) is 0 Å². The minimum atomic E-state index is -0.365. The van der Waals surface area contributed by atoms with Gasteiger partial charge in [0.15, 0.2) is 0 Å². The Morgan fingerprint density at radius 2 is 2.44 bits per heavy atom. The molecule has 5 heteroatoms. The monoisotopic (exact) mass is 240 g/mol. The van der Waals surface area contributed by atoms with Crippen molar-refractivity contribution < 1.29 is 9.53 Å². The van der Waals surface area contributed by atoms with Crippen molar-refractivity contribution in [2.45, 2.75) is 32.0 Å². The predicted molar refractivity (Wildman–Crippen MR) is 61.4 cm³/mol. The third-order valence-electron chi connectivity index (χ3n) is 2.50. The number of aromatic nitrogens is 1. The molecule has 0 spiro atoms. The Balaban J connectivity index is 1.97. The molecule has 4 nitrogen and oxygen atoms in total. The van der Waals surface area contributed by atoms with Crippen LogP contribution in [-0.2, 0) is 9.53 Å². The van der Waals surface area contributed by atoms with Crippen molar-refractivity contribution in [3.05, 3.63) is 23.4 Å². The summed E-state index contributed by atoms with van der Waals surface area (Å²) in [4.78, 5) is 15.8. The van der Waals surface area contributed by atoms with Crippen LogP contribution in [-0.4, -0.2) is 23.1 Å². The van der Waals surface area contributed by atoms with E-state index in [4.69, 9.17) is 16.3 Å². The number of ether oxygens (including phenoxy) is 1. The molecule has 1 aromatic rings. The number of carbonyl (C=O) groups excluding carboxylic acids is 1. The Bertz CT molecular complexity index is 397. The van der Waals surface area contributed by atoms with E-state index < -0.39 is 0 Å². The van der Waals surface area contributed by atoms with Gasteiger partial charge in [-0.3, -0.25) is 4.79 Å². The minimum Gasteiger partial charge on any atom is -0.365 e. The van der Waals surface area contributed by atoms with Crippen molar-refractivity contribution in [2.24, 2.45) is 0 Å². The maximum absolute atomic E-state index is 11.8. The van der Waals surface area contributed by atoms with E-state index in [-0.39, 0.29) is 18.1 Å². The van der Waals surface area contributed by atoms with E-state index >= 15 is 0 Å². The molecule has 86 valence electrons. The zero-order valence-electron chi connectivity index (χ0n) is 8.94. The molecule has 16 heavy (non-hydrogen) atoms. The zero-order chi connectivity index (χ0) is 11.5. The first-order valence-corrected chi connectivity index (χ1v) is 5.61. The lowest BCUT2D eigenvalue weighted by Gasteiger charge is -2.11. The third kappa shape index (κ3) is 2.71. The standard InChI is InChI=1S/C11H13ClN2O2/c1-7-2-3-9(16-7)11(15)14-10-6-8(12)4-5-13-10/h4-7,9H,2-3H2,1H3,(H,13,14,15). The highest BCUT2D eigenvalue weighted by Crippen LogP contribution is 2.20.